The Morgan fingerprint density at radius 1 is 1.64 bits per heavy atom. The lowest BCUT2D eigenvalue weighted by molar-refractivity contribution is -0.140. The van der Waals surface area contributed by atoms with Crippen molar-refractivity contribution in [3.63, 3.8) is 0 Å². The first kappa shape index (κ1) is 8.53. The van der Waals surface area contributed by atoms with Gasteiger partial charge in [-0.3, -0.25) is 4.79 Å². The van der Waals surface area contributed by atoms with E-state index in [9.17, 15) is 4.79 Å². The highest BCUT2D eigenvalue weighted by atomic mass is 16.4. The SMILES string of the molecule is CC(C(N)C(=O)O)C1(C)CC1. The van der Waals surface area contributed by atoms with Gasteiger partial charge in [-0.25, -0.2) is 0 Å². The maximum Gasteiger partial charge on any atom is 0.320 e. The van der Waals surface area contributed by atoms with Crippen LogP contribution >= 0.6 is 0 Å². The van der Waals surface area contributed by atoms with Crippen molar-refractivity contribution in [2.75, 3.05) is 0 Å². The first-order valence-corrected chi connectivity index (χ1v) is 3.96. The van der Waals surface area contributed by atoms with Crippen LogP contribution in [0, 0.1) is 11.3 Å². The van der Waals surface area contributed by atoms with E-state index in [1.54, 1.807) is 0 Å². The summed E-state index contributed by atoms with van der Waals surface area (Å²) in [6.07, 6.45) is 2.24. The molecule has 3 N–H and O–H groups in total. The molecule has 3 nitrogen and oxygen atoms in total. The van der Waals surface area contributed by atoms with Crippen molar-refractivity contribution in [2.45, 2.75) is 32.7 Å². The fraction of sp³-hybridized carbons (Fsp3) is 0.875. The second kappa shape index (κ2) is 2.48. The molecular weight excluding hydrogens is 142 g/mol. The van der Waals surface area contributed by atoms with Crippen molar-refractivity contribution >= 4 is 5.97 Å². The summed E-state index contributed by atoms with van der Waals surface area (Å²) in [5.41, 5.74) is 5.69. The number of carboxylic acid groups (broad SMARTS) is 1. The minimum absolute atomic E-state index is 0.0972. The smallest absolute Gasteiger partial charge is 0.320 e. The summed E-state index contributed by atoms with van der Waals surface area (Å²) < 4.78 is 0. The number of hydrogen-bond donors (Lipinski definition) is 2. The summed E-state index contributed by atoms with van der Waals surface area (Å²) in [5, 5.41) is 8.62. The third kappa shape index (κ3) is 1.53. The Kier molecular flexibility index (Phi) is 1.92. The zero-order chi connectivity index (χ0) is 8.65. The molecule has 3 heteroatoms. The Labute approximate surface area is 66.6 Å². The van der Waals surface area contributed by atoms with Crippen molar-refractivity contribution < 1.29 is 9.90 Å². The predicted molar refractivity (Wildman–Crippen MR) is 42.1 cm³/mol. The van der Waals surface area contributed by atoms with E-state index in [-0.39, 0.29) is 11.3 Å². The van der Waals surface area contributed by atoms with E-state index in [4.69, 9.17) is 10.8 Å². The highest BCUT2D eigenvalue weighted by molar-refractivity contribution is 5.73. The molecule has 0 aromatic carbocycles. The molecule has 0 heterocycles. The van der Waals surface area contributed by atoms with Crippen LogP contribution in [0.15, 0.2) is 0 Å². The van der Waals surface area contributed by atoms with Crippen molar-refractivity contribution in [1.29, 1.82) is 0 Å². The second-order valence-electron chi connectivity index (χ2n) is 3.81. The Bertz CT molecular complexity index is 175. The van der Waals surface area contributed by atoms with Crippen LogP contribution in [0.25, 0.3) is 0 Å². The van der Waals surface area contributed by atoms with Crippen LogP contribution in [0.3, 0.4) is 0 Å². The third-order valence-corrected chi connectivity index (χ3v) is 2.96. The molecule has 11 heavy (non-hydrogen) atoms. The van der Waals surface area contributed by atoms with Gasteiger partial charge in [0, 0.05) is 0 Å². The molecule has 0 radical (unpaired) electrons. The van der Waals surface area contributed by atoms with Gasteiger partial charge in [-0.2, -0.15) is 0 Å². The molecule has 64 valence electrons. The van der Waals surface area contributed by atoms with Crippen LogP contribution in [-0.2, 0) is 4.79 Å². The van der Waals surface area contributed by atoms with Crippen LogP contribution in [0.1, 0.15) is 26.7 Å². The number of carbonyl (C=O) groups is 1. The first-order chi connectivity index (χ1) is 4.97. The van der Waals surface area contributed by atoms with E-state index in [1.807, 2.05) is 6.92 Å². The summed E-state index contributed by atoms with van der Waals surface area (Å²) in [5.74, 6) is -0.786. The van der Waals surface area contributed by atoms with Crippen LogP contribution in [0.2, 0.25) is 0 Å². The lowest BCUT2D eigenvalue weighted by Crippen LogP contribution is -2.40. The number of nitrogens with two attached hydrogens (primary N) is 1. The van der Waals surface area contributed by atoms with Gasteiger partial charge < -0.3 is 10.8 Å². The topological polar surface area (TPSA) is 63.3 Å². The summed E-state index contributed by atoms with van der Waals surface area (Å²) in [7, 11) is 0. The molecule has 1 rings (SSSR count). The molecular formula is C8H15NO2. The summed E-state index contributed by atoms with van der Waals surface area (Å²) in [6.45, 7) is 4.02. The highest BCUT2D eigenvalue weighted by Crippen LogP contribution is 2.52. The van der Waals surface area contributed by atoms with Crippen LogP contribution in [0.4, 0.5) is 0 Å². The molecule has 2 atom stereocenters. The minimum atomic E-state index is -0.884. The Hall–Kier alpha value is -0.570. The van der Waals surface area contributed by atoms with E-state index < -0.39 is 12.0 Å². The van der Waals surface area contributed by atoms with E-state index in [2.05, 4.69) is 6.92 Å². The fourth-order valence-corrected chi connectivity index (χ4v) is 1.30. The fourth-order valence-electron chi connectivity index (χ4n) is 1.30. The summed E-state index contributed by atoms with van der Waals surface area (Å²) >= 11 is 0. The van der Waals surface area contributed by atoms with Gasteiger partial charge in [0.25, 0.3) is 0 Å². The minimum Gasteiger partial charge on any atom is -0.480 e. The predicted octanol–water partition coefficient (Wildman–Crippen LogP) is 0.834. The molecule has 2 unspecified atom stereocenters. The van der Waals surface area contributed by atoms with E-state index in [0.717, 1.165) is 12.8 Å². The largest absolute Gasteiger partial charge is 0.480 e. The first-order valence-electron chi connectivity index (χ1n) is 3.96. The van der Waals surface area contributed by atoms with Crippen molar-refractivity contribution in [2.24, 2.45) is 17.1 Å². The molecule has 1 aliphatic carbocycles. The summed E-state index contributed by atoms with van der Waals surface area (Å²) in [4.78, 5) is 10.5. The number of aliphatic carboxylic acids is 1. The molecule has 1 fully saturated rings. The molecule has 0 aromatic rings. The summed E-state index contributed by atoms with van der Waals surface area (Å²) in [6, 6.07) is -0.692. The quantitative estimate of drug-likeness (QED) is 0.638. The lowest BCUT2D eigenvalue weighted by Gasteiger charge is -2.22. The maximum absolute atomic E-state index is 10.5. The number of rotatable bonds is 3. The molecule has 0 saturated heterocycles. The monoisotopic (exact) mass is 157 g/mol. The van der Waals surface area contributed by atoms with Gasteiger partial charge >= 0.3 is 5.97 Å². The maximum atomic E-state index is 10.5. The molecule has 0 aromatic heterocycles. The zero-order valence-corrected chi connectivity index (χ0v) is 7.00. The van der Waals surface area contributed by atoms with Crippen LogP contribution in [0.5, 0.6) is 0 Å². The average molecular weight is 157 g/mol. The van der Waals surface area contributed by atoms with Crippen LogP contribution < -0.4 is 5.73 Å². The molecule has 0 spiro atoms. The van der Waals surface area contributed by atoms with Crippen molar-refractivity contribution in [1.82, 2.24) is 0 Å². The highest BCUT2D eigenvalue weighted by Gasteiger charge is 2.46. The van der Waals surface area contributed by atoms with Gasteiger partial charge in [-0.05, 0) is 24.2 Å². The van der Waals surface area contributed by atoms with Crippen molar-refractivity contribution in [3.8, 4) is 0 Å². The average Bonchev–Trinajstić information content (AvgIpc) is 2.66. The molecule has 0 amide bonds. The van der Waals surface area contributed by atoms with Crippen LogP contribution in [-0.4, -0.2) is 17.1 Å². The molecule has 1 saturated carbocycles. The Morgan fingerprint density at radius 3 is 2.36 bits per heavy atom. The molecule has 0 aliphatic heterocycles. The van der Waals surface area contributed by atoms with Gasteiger partial charge in [0.1, 0.15) is 6.04 Å². The number of carboxylic acids is 1. The lowest BCUT2D eigenvalue weighted by atomic mass is 9.87. The van der Waals surface area contributed by atoms with Gasteiger partial charge in [0.2, 0.25) is 0 Å². The molecule has 0 bridgehead atoms. The normalized spacial score (nSPS) is 25.7. The Morgan fingerprint density at radius 2 is 2.09 bits per heavy atom. The van der Waals surface area contributed by atoms with Gasteiger partial charge in [0.05, 0.1) is 0 Å². The Balaban J connectivity index is 2.53. The van der Waals surface area contributed by atoms with Crippen molar-refractivity contribution in [3.05, 3.63) is 0 Å². The van der Waals surface area contributed by atoms with E-state index in [0.29, 0.717) is 0 Å². The van der Waals surface area contributed by atoms with E-state index in [1.165, 1.54) is 0 Å². The van der Waals surface area contributed by atoms with Gasteiger partial charge in [0.15, 0.2) is 0 Å². The molecule has 1 aliphatic rings. The second-order valence-corrected chi connectivity index (χ2v) is 3.81. The zero-order valence-electron chi connectivity index (χ0n) is 7.00. The van der Waals surface area contributed by atoms with Gasteiger partial charge in [-0.1, -0.05) is 13.8 Å². The standard InChI is InChI=1S/C8H15NO2/c1-5(6(9)7(10)11)8(2)3-4-8/h5-6H,3-4,9H2,1-2H3,(H,10,11). The van der Waals surface area contributed by atoms with E-state index >= 15 is 0 Å². The number of hydrogen-bond acceptors (Lipinski definition) is 2. The van der Waals surface area contributed by atoms with Gasteiger partial charge in [-0.15, -0.1) is 0 Å². The third-order valence-electron chi connectivity index (χ3n) is 2.96.